The zero-order chi connectivity index (χ0) is 14.6. The fourth-order valence-corrected chi connectivity index (χ4v) is 1.94. The lowest BCUT2D eigenvalue weighted by Gasteiger charge is -2.24. The highest BCUT2D eigenvalue weighted by Gasteiger charge is 2.20. The van der Waals surface area contributed by atoms with Crippen molar-refractivity contribution in [1.29, 1.82) is 0 Å². The fourth-order valence-electron chi connectivity index (χ4n) is 1.94. The summed E-state index contributed by atoms with van der Waals surface area (Å²) in [6, 6.07) is 7.74. The van der Waals surface area contributed by atoms with Gasteiger partial charge in [0, 0.05) is 26.7 Å². The predicted octanol–water partition coefficient (Wildman–Crippen LogP) is 2.14. The summed E-state index contributed by atoms with van der Waals surface area (Å²) in [5, 5.41) is 13.4. The Morgan fingerprint density at radius 1 is 1.25 bits per heavy atom. The quantitative estimate of drug-likeness (QED) is 0.845. The summed E-state index contributed by atoms with van der Waals surface area (Å²) in [5.41, 5.74) is 1.71. The van der Waals surface area contributed by atoms with E-state index in [2.05, 4.69) is 15.3 Å². The molecule has 108 valence electrons. The van der Waals surface area contributed by atoms with Gasteiger partial charge in [-0.05, 0) is 26.0 Å². The summed E-state index contributed by atoms with van der Waals surface area (Å²) in [5.74, 6) is 0.710. The lowest BCUT2D eigenvalue weighted by atomic mass is 10.0. The molecule has 5 nitrogen and oxygen atoms in total. The average Bonchev–Trinajstić information content (AvgIpc) is 2.43. The van der Waals surface area contributed by atoms with E-state index in [0.29, 0.717) is 25.4 Å². The van der Waals surface area contributed by atoms with Gasteiger partial charge in [0.05, 0.1) is 22.3 Å². The third-order valence-corrected chi connectivity index (χ3v) is 3.23. The van der Waals surface area contributed by atoms with Crippen molar-refractivity contribution >= 4 is 16.9 Å². The van der Waals surface area contributed by atoms with Crippen LogP contribution in [0.5, 0.6) is 0 Å². The molecule has 20 heavy (non-hydrogen) atoms. The lowest BCUT2D eigenvalue weighted by molar-refractivity contribution is 0.0357. The maximum absolute atomic E-state index is 10.2. The highest BCUT2D eigenvalue weighted by molar-refractivity contribution is 5.76. The van der Waals surface area contributed by atoms with E-state index in [1.807, 2.05) is 31.2 Å². The first kappa shape index (κ1) is 14.7. The highest BCUT2D eigenvalue weighted by Crippen LogP contribution is 2.17. The number of methoxy groups -OCH3 is 1. The van der Waals surface area contributed by atoms with Crippen LogP contribution < -0.4 is 5.32 Å². The van der Waals surface area contributed by atoms with Crippen molar-refractivity contribution in [3.63, 3.8) is 0 Å². The number of para-hydroxylation sites is 2. The lowest BCUT2D eigenvalue weighted by Crippen LogP contribution is -2.35. The van der Waals surface area contributed by atoms with Crippen LogP contribution in [0.15, 0.2) is 24.3 Å². The molecular formula is C15H21N3O2. The molecule has 1 heterocycles. The van der Waals surface area contributed by atoms with Crippen molar-refractivity contribution in [3.05, 3.63) is 30.0 Å². The molecule has 2 N–H and O–H groups in total. The van der Waals surface area contributed by atoms with E-state index in [-0.39, 0.29) is 0 Å². The molecule has 0 bridgehead atoms. The van der Waals surface area contributed by atoms with Gasteiger partial charge in [-0.2, -0.15) is 0 Å². The van der Waals surface area contributed by atoms with Gasteiger partial charge >= 0.3 is 0 Å². The van der Waals surface area contributed by atoms with Gasteiger partial charge in [0.2, 0.25) is 0 Å². The maximum Gasteiger partial charge on any atom is 0.148 e. The van der Waals surface area contributed by atoms with Crippen LogP contribution in [-0.4, -0.2) is 40.9 Å². The number of fused-ring (bicyclic) bond motifs is 1. The van der Waals surface area contributed by atoms with Crippen molar-refractivity contribution < 1.29 is 9.84 Å². The molecule has 0 amide bonds. The molecular weight excluding hydrogens is 254 g/mol. The van der Waals surface area contributed by atoms with E-state index in [0.717, 1.165) is 16.7 Å². The van der Waals surface area contributed by atoms with Gasteiger partial charge in [-0.15, -0.1) is 0 Å². The van der Waals surface area contributed by atoms with Crippen molar-refractivity contribution in [2.24, 2.45) is 0 Å². The average molecular weight is 275 g/mol. The molecule has 1 aromatic heterocycles. The van der Waals surface area contributed by atoms with Crippen molar-refractivity contribution in [2.75, 3.05) is 25.6 Å². The Morgan fingerprint density at radius 3 is 2.55 bits per heavy atom. The van der Waals surface area contributed by atoms with E-state index in [4.69, 9.17) is 4.74 Å². The number of rotatable bonds is 6. The first-order valence-electron chi connectivity index (χ1n) is 6.70. The van der Waals surface area contributed by atoms with Gasteiger partial charge in [-0.3, -0.25) is 0 Å². The SMILES string of the molecule is COCCC(C)(O)CNc1nc2ccccc2nc1C. The van der Waals surface area contributed by atoms with Gasteiger partial charge in [-0.25, -0.2) is 9.97 Å². The smallest absolute Gasteiger partial charge is 0.148 e. The number of aromatic nitrogens is 2. The van der Waals surface area contributed by atoms with Crippen LogP contribution in [0.25, 0.3) is 11.0 Å². The summed E-state index contributed by atoms with van der Waals surface area (Å²) in [6.07, 6.45) is 0.566. The van der Waals surface area contributed by atoms with Crippen LogP contribution in [0.4, 0.5) is 5.82 Å². The first-order chi connectivity index (χ1) is 9.52. The van der Waals surface area contributed by atoms with E-state index in [9.17, 15) is 5.11 Å². The summed E-state index contributed by atoms with van der Waals surface area (Å²) in [7, 11) is 1.63. The molecule has 0 aliphatic heterocycles. The molecule has 0 aliphatic carbocycles. The van der Waals surface area contributed by atoms with E-state index < -0.39 is 5.60 Å². The number of nitrogens with one attached hydrogen (secondary N) is 1. The van der Waals surface area contributed by atoms with Crippen molar-refractivity contribution in [2.45, 2.75) is 25.9 Å². The van der Waals surface area contributed by atoms with Crippen LogP contribution in [-0.2, 0) is 4.74 Å². The Bertz CT molecular complexity index is 584. The standard InChI is InChI=1S/C15H21N3O2/c1-11-14(16-10-15(2,19)8-9-20-3)18-13-7-5-4-6-12(13)17-11/h4-7,19H,8-10H2,1-3H3,(H,16,18). The molecule has 0 radical (unpaired) electrons. The summed E-state index contributed by atoms with van der Waals surface area (Å²) in [4.78, 5) is 9.05. The fraction of sp³-hybridized carbons (Fsp3) is 0.467. The van der Waals surface area contributed by atoms with E-state index in [1.54, 1.807) is 14.0 Å². The molecule has 0 fully saturated rings. The number of hydrogen-bond donors (Lipinski definition) is 2. The van der Waals surface area contributed by atoms with Gasteiger partial charge < -0.3 is 15.2 Å². The molecule has 2 aromatic rings. The van der Waals surface area contributed by atoms with Crippen LogP contribution >= 0.6 is 0 Å². The van der Waals surface area contributed by atoms with Crippen LogP contribution in [0.2, 0.25) is 0 Å². The zero-order valence-electron chi connectivity index (χ0n) is 12.2. The molecule has 5 heteroatoms. The van der Waals surface area contributed by atoms with Gasteiger partial charge in [-0.1, -0.05) is 12.1 Å². The van der Waals surface area contributed by atoms with E-state index in [1.165, 1.54) is 0 Å². The number of hydrogen-bond acceptors (Lipinski definition) is 5. The molecule has 1 unspecified atom stereocenters. The Hall–Kier alpha value is -1.72. The Labute approximate surface area is 119 Å². The highest BCUT2D eigenvalue weighted by atomic mass is 16.5. The van der Waals surface area contributed by atoms with Crippen LogP contribution in [0.1, 0.15) is 19.0 Å². The normalized spacial score (nSPS) is 14.2. The van der Waals surface area contributed by atoms with Gasteiger partial charge in [0.15, 0.2) is 0 Å². The third-order valence-electron chi connectivity index (χ3n) is 3.23. The molecule has 1 atom stereocenters. The third kappa shape index (κ3) is 3.65. The Balaban J connectivity index is 2.11. The number of aliphatic hydroxyl groups is 1. The van der Waals surface area contributed by atoms with E-state index >= 15 is 0 Å². The minimum Gasteiger partial charge on any atom is -0.388 e. The maximum atomic E-state index is 10.2. The van der Waals surface area contributed by atoms with Crippen LogP contribution in [0.3, 0.4) is 0 Å². The summed E-state index contributed by atoms with van der Waals surface area (Å²) in [6.45, 7) is 4.62. The molecule has 0 aliphatic rings. The second kappa shape index (κ2) is 6.15. The van der Waals surface area contributed by atoms with Crippen molar-refractivity contribution in [3.8, 4) is 0 Å². The number of aryl methyl sites for hydroxylation is 1. The van der Waals surface area contributed by atoms with Crippen molar-refractivity contribution in [1.82, 2.24) is 9.97 Å². The minimum atomic E-state index is -0.838. The Morgan fingerprint density at radius 2 is 1.90 bits per heavy atom. The minimum absolute atomic E-state index is 0.407. The topological polar surface area (TPSA) is 67.3 Å². The zero-order valence-corrected chi connectivity index (χ0v) is 12.2. The molecule has 2 rings (SSSR count). The monoisotopic (exact) mass is 275 g/mol. The second-order valence-corrected chi connectivity index (χ2v) is 5.24. The largest absolute Gasteiger partial charge is 0.388 e. The molecule has 0 saturated heterocycles. The van der Waals surface area contributed by atoms with Gasteiger partial charge in [0.1, 0.15) is 5.82 Å². The number of ether oxygens (including phenoxy) is 1. The number of nitrogens with zero attached hydrogens (tertiary/aromatic N) is 2. The molecule has 1 aromatic carbocycles. The Kier molecular flexibility index (Phi) is 4.52. The molecule has 0 spiro atoms. The first-order valence-corrected chi connectivity index (χ1v) is 6.70. The summed E-state index contributed by atoms with van der Waals surface area (Å²) < 4.78 is 5.00. The van der Waals surface area contributed by atoms with Gasteiger partial charge in [0.25, 0.3) is 0 Å². The van der Waals surface area contributed by atoms with Crippen LogP contribution in [0, 0.1) is 6.92 Å². The number of anilines is 1. The number of benzene rings is 1. The second-order valence-electron chi connectivity index (χ2n) is 5.24. The predicted molar refractivity (Wildman–Crippen MR) is 79.9 cm³/mol. The molecule has 0 saturated carbocycles. The summed E-state index contributed by atoms with van der Waals surface area (Å²) >= 11 is 0.